The van der Waals surface area contributed by atoms with Crippen LogP contribution in [0.15, 0.2) is 18.5 Å². The Hall–Kier alpha value is -1.88. The zero-order valence-electron chi connectivity index (χ0n) is 11.2. The number of hydrogen-bond acceptors (Lipinski definition) is 4. The first-order valence-electron chi connectivity index (χ1n) is 6.60. The average molecular weight is 294 g/mol. The Kier molecular flexibility index (Phi) is 3.44. The number of fused-ring (bicyclic) bond motifs is 1. The highest BCUT2D eigenvalue weighted by atomic mass is 35.5. The second-order valence-electron chi connectivity index (χ2n) is 4.72. The van der Waals surface area contributed by atoms with Crippen LogP contribution in [-0.2, 0) is 6.54 Å². The summed E-state index contributed by atoms with van der Waals surface area (Å²) in [6.07, 6.45) is 3.95. The molecule has 0 fully saturated rings. The molecule has 0 atom stereocenters. The normalized spacial score (nSPS) is 12.9. The lowest BCUT2D eigenvalue weighted by Crippen LogP contribution is -2.02. The molecule has 0 aliphatic carbocycles. The number of ether oxygens (including phenoxy) is 2. The Morgan fingerprint density at radius 3 is 3.05 bits per heavy atom. The van der Waals surface area contributed by atoms with Crippen LogP contribution in [-0.4, -0.2) is 16.3 Å². The van der Waals surface area contributed by atoms with Crippen LogP contribution in [0.25, 0.3) is 11.3 Å². The first-order chi connectivity index (χ1) is 9.70. The molecule has 6 heteroatoms. The molecule has 1 aromatic heterocycles. The smallest absolute Gasteiger partial charge is 0.231 e. The minimum absolute atomic E-state index is 0.193. The van der Waals surface area contributed by atoms with Crippen molar-refractivity contribution >= 4 is 17.4 Å². The van der Waals surface area contributed by atoms with Gasteiger partial charge in [-0.1, -0.05) is 24.9 Å². The molecule has 106 valence electrons. The molecular formula is C14H16ClN3O2. The van der Waals surface area contributed by atoms with E-state index in [1.165, 1.54) is 0 Å². The van der Waals surface area contributed by atoms with Gasteiger partial charge in [-0.3, -0.25) is 0 Å². The summed E-state index contributed by atoms with van der Waals surface area (Å²) in [7, 11) is 0. The molecule has 5 nitrogen and oxygen atoms in total. The van der Waals surface area contributed by atoms with Crippen LogP contribution in [0.3, 0.4) is 0 Å². The number of nitrogens with two attached hydrogens (primary N) is 1. The van der Waals surface area contributed by atoms with Crippen molar-refractivity contribution in [1.82, 2.24) is 9.55 Å². The summed E-state index contributed by atoms with van der Waals surface area (Å²) in [5, 5.41) is 0.512. The van der Waals surface area contributed by atoms with Gasteiger partial charge in [0.05, 0.1) is 11.3 Å². The van der Waals surface area contributed by atoms with Crippen molar-refractivity contribution in [2.45, 2.75) is 26.3 Å². The largest absolute Gasteiger partial charge is 0.454 e. The minimum atomic E-state index is 0.193. The molecule has 2 aromatic rings. The number of aryl methyl sites for hydroxylation is 1. The highest BCUT2D eigenvalue weighted by Gasteiger charge is 2.20. The third kappa shape index (κ3) is 2.18. The Morgan fingerprint density at radius 2 is 2.25 bits per heavy atom. The van der Waals surface area contributed by atoms with Crippen LogP contribution in [0.2, 0.25) is 5.02 Å². The number of unbranched alkanes of at least 4 members (excludes halogenated alkanes) is 1. The standard InChI is InChI=1S/C14H16ClN3O2/c1-2-3-4-18-7-17-12(14(18)16)9-5-10(15)13-11(6-9)19-8-20-13/h5-7H,2-4,8,16H2,1H3. The van der Waals surface area contributed by atoms with Crippen LogP contribution in [0.4, 0.5) is 5.82 Å². The maximum absolute atomic E-state index is 6.19. The van der Waals surface area contributed by atoms with Gasteiger partial charge in [0, 0.05) is 12.1 Å². The Balaban J connectivity index is 1.97. The molecule has 0 bridgehead atoms. The first-order valence-corrected chi connectivity index (χ1v) is 6.98. The topological polar surface area (TPSA) is 62.3 Å². The fourth-order valence-corrected chi connectivity index (χ4v) is 2.49. The molecule has 0 unspecified atom stereocenters. The molecule has 1 aliphatic heterocycles. The van der Waals surface area contributed by atoms with E-state index in [2.05, 4.69) is 11.9 Å². The molecule has 2 N–H and O–H groups in total. The molecular weight excluding hydrogens is 278 g/mol. The zero-order valence-corrected chi connectivity index (χ0v) is 12.0. The highest BCUT2D eigenvalue weighted by molar-refractivity contribution is 6.32. The fourth-order valence-electron chi connectivity index (χ4n) is 2.22. The third-order valence-electron chi connectivity index (χ3n) is 3.33. The lowest BCUT2D eigenvalue weighted by Gasteiger charge is -2.06. The van der Waals surface area contributed by atoms with Gasteiger partial charge in [0.25, 0.3) is 0 Å². The summed E-state index contributed by atoms with van der Waals surface area (Å²) in [4.78, 5) is 4.39. The predicted molar refractivity (Wildman–Crippen MR) is 78.1 cm³/mol. The number of halogens is 1. The van der Waals surface area contributed by atoms with Crippen molar-refractivity contribution in [3.8, 4) is 22.8 Å². The average Bonchev–Trinajstić information content (AvgIpc) is 3.03. The van der Waals surface area contributed by atoms with Gasteiger partial charge >= 0.3 is 0 Å². The minimum Gasteiger partial charge on any atom is -0.454 e. The summed E-state index contributed by atoms with van der Waals surface area (Å²) >= 11 is 6.19. The van der Waals surface area contributed by atoms with Gasteiger partial charge in [0.1, 0.15) is 11.5 Å². The number of anilines is 1. The van der Waals surface area contributed by atoms with Crippen LogP contribution in [0, 0.1) is 0 Å². The van der Waals surface area contributed by atoms with Crippen molar-refractivity contribution < 1.29 is 9.47 Å². The van der Waals surface area contributed by atoms with Crippen molar-refractivity contribution in [3.05, 3.63) is 23.5 Å². The Labute approximate surface area is 122 Å². The van der Waals surface area contributed by atoms with E-state index in [4.69, 9.17) is 26.8 Å². The number of nitrogens with zero attached hydrogens (tertiary/aromatic N) is 2. The van der Waals surface area contributed by atoms with Crippen molar-refractivity contribution in [3.63, 3.8) is 0 Å². The summed E-state index contributed by atoms with van der Waals surface area (Å²) < 4.78 is 12.6. The van der Waals surface area contributed by atoms with Crippen molar-refractivity contribution in [2.75, 3.05) is 12.5 Å². The van der Waals surface area contributed by atoms with Gasteiger partial charge in [-0.25, -0.2) is 4.98 Å². The number of hydrogen-bond donors (Lipinski definition) is 1. The zero-order chi connectivity index (χ0) is 14.1. The van der Waals surface area contributed by atoms with Gasteiger partial charge in [-0.15, -0.1) is 0 Å². The monoisotopic (exact) mass is 293 g/mol. The van der Waals surface area contributed by atoms with E-state index >= 15 is 0 Å². The molecule has 2 heterocycles. The quantitative estimate of drug-likeness (QED) is 0.939. The number of imidazole rings is 1. The number of benzene rings is 1. The van der Waals surface area contributed by atoms with E-state index in [1.807, 2.05) is 10.6 Å². The van der Waals surface area contributed by atoms with Gasteiger partial charge in [0.2, 0.25) is 6.79 Å². The second-order valence-corrected chi connectivity index (χ2v) is 5.12. The van der Waals surface area contributed by atoms with Crippen LogP contribution in [0.1, 0.15) is 19.8 Å². The van der Waals surface area contributed by atoms with Crippen LogP contribution >= 0.6 is 11.6 Å². The molecule has 1 aromatic carbocycles. The number of nitrogen functional groups attached to an aromatic ring is 1. The molecule has 0 saturated heterocycles. The van der Waals surface area contributed by atoms with Crippen molar-refractivity contribution in [2.24, 2.45) is 0 Å². The fraction of sp³-hybridized carbons (Fsp3) is 0.357. The van der Waals surface area contributed by atoms with E-state index in [0.717, 1.165) is 30.6 Å². The summed E-state index contributed by atoms with van der Waals surface area (Å²) in [6.45, 7) is 3.21. The number of rotatable bonds is 4. The van der Waals surface area contributed by atoms with Gasteiger partial charge in [0.15, 0.2) is 11.5 Å². The van der Waals surface area contributed by atoms with Crippen LogP contribution in [0.5, 0.6) is 11.5 Å². The van der Waals surface area contributed by atoms with Gasteiger partial charge in [-0.05, 0) is 18.6 Å². The van der Waals surface area contributed by atoms with Gasteiger partial charge in [-0.2, -0.15) is 0 Å². The maximum Gasteiger partial charge on any atom is 0.231 e. The highest BCUT2D eigenvalue weighted by Crippen LogP contribution is 2.42. The Morgan fingerprint density at radius 1 is 1.40 bits per heavy atom. The van der Waals surface area contributed by atoms with E-state index in [-0.39, 0.29) is 6.79 Å². The molecule has 3 rings (SSSR count). The molecule has 0 saturated carbocycles. The first kappa shape index (κ1) is 13.1. The van der Waals surface area contributed by atoms with Crippen molar-refractivity contribution in [1.29, 1.82) is 0 Å². The lowest BCUT2D eigenvalue weighted by atomic mass is 10.1. The molecule has 0 spiro atoms. The Bertz CT molecular complexity index is 640. The molecule has 0 amide bonds. The van der Waals surface area contributed by atoms with E-state index < -0.39 is 0 Å². The second kappa shape index (κ2) is 5.25. The molecule has 1 aliphatic rings. The van der Waals surface area contributed by atoms with E-state index in [0.29, 0.717) is 22.3 Å². The predicted octanol–water partition coefficient (Wildman–Crippen LogP) is 3.31. The van der Waals surface area contributed by atoms with E-state index in [1.54, 1.807) is 12.4 Å². The third-order valence-corrected chi connectivity index (χ3v) is 3.61. The van der Waals surface area contributed by atoms with Crippen LogP contribution < -0.4 is 15.2 Å². The summed E-state index contributed by atoms with van der Waals surface area (Å²) in [5.41, 5.74) is 7.72. The molecule has 0 radical (unpaired) electrons. The lowest BCUT2D eigenvalue weighted by molar-refractivity contribution is 0.174. The molecule has 20 heavy (non-hydrogen) atoms. The maximum atomic E-state index is 6.19. The summed E-state index contributed by atoms with van der Waals surface area (Å²) in [6, 6.07) is 3.66. The summed E-state index contributed by atoms with van der Waals surface area (Å²) in [5.74, 6) is 1.86. The van der Waals surface area contributed by atoms with E-state index in [9.17, 15) is 0 Å². The number of aromatic nitrogens is 2. The van der Waals surface area contributed by atoms with Gasteiger partial charge < -0.3 is 19.8 Å². The SMILES string of the molecule is CCCCn1cnc(-c2cc(Cl)c3c(c2)OCO3)c1N.